The summed E-state index contributed by atoms with van der Waals surface area (Å²) in [5, 5.41) is 15.1. The van der Waals surface area contributed by atoms with E-state index in [4.69, 9.17) is 5.26 Å². The molecular formula is C21H19N5O. The predicted octanol–water partition coefficient (Wildman–Crippen LogP) is 4.27. The lowest BCUT2D eigenvalue weighted by molar-refractivity contribution is 0.102. The fraction of sp³-hybridized carbons (Fsp3) is 0.143. The van der Waals surface area contributed by atoms with Gasteiger partial charge in [0, 0.05) is 11.8 Å². The van der Waals surface area contributed by atoms with E-state index in [2.05, 4.69) is 45.7 Å². The van der Waals surface area contributed by atoms with Gasteiger partial charge >= 0.3 is 0 Å². The summed E-state index contributed by atoms with van der Waals surface area (Å²) >= 11 is 0. The highest BCUT2D eigenvalue weighted by Gasteiger charge is 2.12. The molecule has 0 saturated carbocycles. The van der Waals surface area contributed by atoms with Crippen molar-refractivity contribution >= 4 is 23.1 Å². The van der Waals surface area contributed by atoms with E-state index in [0.717, 1.165) is 16.8 Å². The summed E-state index contributed by atoms with van der Waals surface area (Å²) in [6, 6.07) is 14.6. The number of rotatable bonds is 4. The summed E-state index contributed by atoms with van der Waals surface area (Å²) in [5.41, 5.74) is 5.39. The van der Waals surface area contributed by atoms with Crippen LogP contribution in [0.2, 0.25) is 0 Å². The first-order valence-corrected chi connectivity index (χ1v) is 8.45. The van der Waals surface area contributed by atoms with E-state index in [1.54, 1.807) is 30.3 Å². The van der Waals surface area contributed by atoms with Gasteiger partial charge in [-0.1, -0.05) is 29.8 Å². The van der Waals surface area contributed by atoms with Crippen molar-refractivity contribution in [1.29, 1.82) is 5.26 Å². The molecule has 6 nitrogen and oxygen atoms in total. The van der Waals surface area contributed by atoms with E-state index in [0.29, 0.717) is 17.1 Å². The molecule has 0 aliphatic carbocycles. The average molecular weight is 357 g/mol. The Labute approximate surface area is 157 Å². The van der Waals surface area contributed by atoms with Gasteiger partial charge in [0.15, 0.2) is 0 Å². The maximum absolute atomic E-state index is 12.5. The van der Waals surface area contributed by atoms with Gasteiger partial charge in [-0.25, -0.2) is 9.97 Å². The number of hydrogen-bond acceptors (Lipinski definition) is 5. The van der Waals surface area contributed by atoms with Gasteiger partial charge in [-0.3, -0.25) is 4.79 Å². The van der Waals surface area contributed by atoms with Crippen LogP contribution < -0.4 is 10.6 Å². The number of amides is 1. The molecule has 0 saturated heterocycles. The first kappa shape index (κ1) is 18.1. The van der Waals surface area contributed by atoms with Gasteiger partial charge in [0.25, 0.3) is 5.91 Å². The van der Waals surface area contributed by atoms with E-state index in [9.17, 15) is 4.79 Å². The average Bonchev–Trinajstić information content (AvgIpc) is 2.65. The maximum atomic E-state index is 12.5. The molecule has 27 heavy (non-hydrogen) atoms. The molecule has 0 fully saturated rings. The quantitative estimate of drug-likeness (QED) is 0.728. The topological polar surface area (TPSA) is 90.7 Å². The molecule has 2 aromatic carbocycles. The smallest absolute Gasteiger partial charge is 0.274 e. The van der Waals surface area contributed by atoms with Crippen LogP contribution in [0.1, 0.15) is 32.7 Å². The Bertz CT molecular complexity index is 1030. The van der Waals surface area contributed by atoms with E-state index in [1.807, 2.05) is 13.8 Å². The van der Waals surface area contributed by atoms with Crippen LogP contribution in [0.25, 0.3) is 0 Å². The number of hydrogen-bond donors (Lipinski definition) is 2. The second-order valence-electron chi connectivity index (χ2n) is 6.30. The number of carbonyl (C=O) groups excluding carboxylic acids is 1. The highest BCUT2D eigenvalue weighted by Crippen LogP contribution is 2.25. The Morgan fingerprint density at radius 3 is 2.44 bits per heavy atom. The Hall–Kier alpha value is -3.72. The molecule has 0 radical (unpaired) electrons. The highest BCUT2D eigenvalue weighted by atomic mass is 16.1. The fourth-order valence-electron chi connectivity index (χ4n) is 2.93. The first-order valence-electron chi connectivity index (χ1n) is 8.45. The molecule has 3 rings (SSSR count). The first-order chi connectivity index (χ1) is 13.0. The van der Waals surface area contributed by atoms with Crippen LogP contribution in [0, 0.1) is 32.1 Å². The van der Waals surface area contributed by atoms with E-state index in [-0.39, 0.29) is 5.69 Å². The minimum absolute atomic E-state index is 0.211. The summed E-state index contributed by atoms with van der Waals surface area (Å²) in [6.07, 6.45) is 1.34. The van der Waals surface area contributed by atoms with Crippen molar-refractivity contribution in [2.24, 2.45) is 0 Å². The summed E-state index contributed by atoms with van der Waals surface area (Å²) in [5.74, 6) is 0.124. The molecule has 1 amide bonds. The molecule has 0 aliphatic heterocycles. The molecule has 6 heteroatoms. The third-order valence-corrected chi connectivity index (χ3v) is 4.13. The minimum Gasteiger partial charge on any atom is -0.340 e. The van der Waals surface area contributed by atoms with Crippen LogP contribution in [0.4, 0.5) is 17.2 Å². The number of nitrogens with one attached hydrogen (secondary N) is 2. The van der Waals surface area contributed by atoms with Crippen LogP contribution in [0.15, 0.2) is 48.8 Å². The third-order valence-electron chi connectivity index (χ3n) is 4.13. The molecular weight excluding hydrogens is 338 g/mol. The lowest BCUT2D eigenvalue weighted by Crippen LogP contribution is -2.15. The zero-order chi connectivity index (χ0) is 19.4. The number of para-hydroxylation sites is 1. The van der Waals surface area contributed by atoms with Crippen molar-refractivity contribution < 1.29 is 4.79 Å². The molecule has 0 unspecified atom stereocenters. The molecule has 0 bridgehead atoms. The van der Waals surface area contributed by atoms with Gasteiger partial charge in [-0.05, 0) is 44.0 Å². The molecule has 1 heterocycles. The molecule has 3 aromatic rings. The van der Waals surface area contributed by atoms with Crippen LogP contribution in [-0.4, -0.2) is 15.9 Å². The monoisotopic (exact) mass is 357 g/mol. The lowest BCUT2D eigenvalue weighted by Gasteiger charge is -2.13. The van der Waals surface area contributed by atoms with Crippen molar-refractivity contribution in [1.82, 2.24) is 9.97 Å². The Balaban J connectivity index is 1.84. The molecule has 2 N–H and O–H groups in total. The van der Waals surface area contributed by atoms with Gasteiger partial charge in [0.05, 0.1) is 11.3 Å². The van der Waals surface area contributed by atoms with Crippen molar-refractivity contribution in [3.63, 3.8) is 0 Å². The molecule has 134 valence electrons. The molecule has 0 aliphatic rings. The van der Waals surface area contributed by atoms with Crippen molar-refractivity contribution in [2.75, 3.05) is 10.6 Å². The van der Waals surface area contributed by atoms with Crippen LogP contribution in [0.5, 0.6) is 0 Å². The zero-order valence-corrected chi connectivity index (χ0v) is 15.4. The third kappa shape index (κ3) is 4.10. The normalized spacial score (nSPS) is 10.1. The number of carbonyl (C=O) groups is 1. The number of aromatic nitrogens is 2. The second kappa shape index (κ2) is 7.67. The minimum atomic E-state index is -0.402. The zero-order valence-electron chi connectivity index (χ0n) is 15.4. The number of aryl methyl sites for hydroxylation is 3. The summed E-state index contributed by atoms with van der Waals surface area (Å²) in [4.78, 5) is 20.8. The maximum Gasteiger partial charge on any atom is 0.274 e. The van der Waals surface area contributed by atoms with Crippen LogP contribution >= 0.6 is 0 Å². The van der Waals surface area contributed by atoms with Crippen LogP contribution in [-0.2, 0) is 0 Å². The van der Waals surface area contributed by atoms with Crippen molar-refractivity contribution in [3.05, 3.63) is 76.7 Å². The molecule has 0 atom stereocenters. The van der Waals surface area contributed by atoms with Crippen LogP contribution in [0.3, 0.4) is 0 Å². The van der Waals surface area contributed by atoms with Gasteiger partial charge in [0.1, 0.15) is 23.9 Å². The SMILES string of the molecule is Cc1cc(C)c(Nc2cc(C(=O)Nc3ccccc3C#N)ncn2)c(C)c1. The predicted molar refractivity (Wildman–Crippen MR) is 105 cm³/mol. The lowest BCUT2D eigenvalue weighted by atomic mass is 10.1. The number of nitriles is 1. The summed E-state index contributed by atoms with van der Waals surface area (Å²) < 4.78 is 0. The summed E-state index contributed by atoms with van der Waals surface area (Å²) in [6.45, 7) is 6.10. The standard InChI is InChI=1S/C21H19N5O/c1-13-8-14(2)20(15(3)9-13)26-19-10-18(23-12-24-19)21(27)25-17-7-5-4-6-16(17)11-22/h4-10,12H,1-3H3,(H,25,27)(H,23,24,26). The second-order valence-corrected chi connectivity index (χ2v) is 6.30. The van der Waals surface area contributed by atoms with Gasteiger partial charge < -0.3 is 10.6 Å². The van der Waals surface area contributed by atoms with Crippen molar-refractivity contribution in [2.45, 2.75) is 20.8 Å². The van der Waals surface area contributed by atoms with Gasteiger partial charge in [-0.2, -0.15) is 5.26 Å². The fourth-order valence-corrected chi connectivity index (χ4v) is 2.93. The largest absolute Gasteiger partial charge is 0.340 e. The highest BCUT2D eigenvalue weighted by molar-refractivity contribution is 6.04. The Morgan fingerprint density at radius 1 is 1.04 bits per heavy atom. The van der Waals surface area contributed by atoms with E-state index < -0.39 is 5.91 Å². The van der Waals surface area contributed by atoms with Crippen molar-refractivity contribution in [3.8, 4) is 6.07 Å². The van der Waals surface area contributed by atoms with Gasteiger partial charge in [-0.15, -0.1) is 0 Å². The number of anilines is 3. The Kier molecular flexibility index (Phi) is 5.13. The molecule has 1 aromatic heterocycles. The number of benzene rings is 2. The number of nitrogens with zero attached hydrogens (tertiary/aromatic N) is 3. The Morgan fingerprint density at radius 2 is 1.74 bits per heavy atom. The van der Waals surface area contributed by atoms with E-state index >= 15 is 0 Å². The van der Waals surface area contributed by atoms with Gasteiger partial charge in [0.2, 0.25) is 0 Å². The summed E-state index contributed by atoms with van der Waals surface area (Å²) in [7, 11) is 0. The van der Waals surface area contributed by atoms with E-state index in [1.165, 1.54) is 11.9 Å². The molecule has 0 spiro atoms.